The van der Waals surface area contributed by atoms with Gasteiger partial charge < -0.3 is 9.15 Å². The van der Waals surface area contributed by atoms with Gasteiger partial charge in [0.15, 0.2) is 6.29 Å². The van der Waals surface area contributed by atoms with Gasteiger partial charge in [-0.2, -0.15) is 0 Å². The second-order valence-electron chi connectivity index (χ2n) is 7.05. The zero-order chi connectivity index (χ0) is 18.7. The first-order chi connectivity index (χ1) is 12.4. The Morgan fingerprint density at radius 1 is 1.12 bits per heavy atom. The second kappa shape index (κ2) is 7.04. The molecule has 5 heteroatoms. The molecule has 2 aromatic carbocycles. The number of furan rings is 1. The summed E-state index contributed by atoms with van der Waals surface area (Å²) in [5.41, 5.74) is 1.56. The van der Waals surface area contributed by atoms with E-state index in [1.54, 1.807) is 29.2 Å². The molecular weight excluding hydrogens is 330 g/mol. The van der Waals surface area contributed by atoms with Gasteiger partial charge in [0.25, 0.3) is 5.95 Å². The standard InChI is InChI=1S/C21H21NO4/c1-21(2,3)22(13-15-8-5-4-6-9-15)20(24)26-19-12-17-16(14-23)10-7-11-18(17)25-19/h4-12,14H,13H2,1-3H3. The van der Waals surface area contributed by atoms with Crippen LogP contribution in [0.3, 0.4) is 0 Å². The van der Waals surface area contributed by atoms with Crippen LogP contribution in [0.25, 0.3) is 11.0 Å². The highest BCUT2D eigenvalue weighted by Crippen LogP contribution is 2.28. The molecule has 0 fully saturated rings. The van der Waals surface area contributed by atoms with Gasteiger partial charge in [-0.3, -0.25) is 9.69 Å². The van der Waals surface area contributed by atoms with Gasteiger partial charge >= 0.3 is 6.09 Å². The van der Waals surface area contributed by atoms with Crippen molar-refractivity contribution in [2.24, 2.45) is 0 Å². The largest absolute Gasteiger partial charge is 0.425 e. The number of hydrogen-bond acceptors (Lipinski definition) is 4. The Balaban J connectivity index is 1.85. The topological polar surface area (TPSA) is 59.8 Å². The van der Waals surface area contributed by atoms with Gasteiger partial charge in [-0.05, 0) is 32.4 Å². The maximum atomic E-state index is 12.8. The van der Waals surface area contributed by atoms with Gasteiger partial charge in [-0.1, -0.05) is 42.5 Å². The Morgan fingerprint density at radius 3 is 2.50 bits per heavy atom. The summed E-state index contributed by atoms with van der Waals surface area (Å²) >= 11 is 0. The van der Waals surface area contributed by atoms with Crippen molar-refractivity contribution >= 4 is 23.3 Å². The molecule has 0 bridgehead atoms. The van der Waals surface area contributed by atoms with E-state index in [9.17, 15) is 9.59 Å². The van der Waals surface area contributed by atoms with Gasteiger partial charge in [0, 0.05) is 29.1 Å². The van der Waals surface area contributed by atoms with E-state index < -0.39 is 11.6 Å². The second-order valence-corrected chi connectivity index (χ2v) is 7.05. The molecule has 0 unspecified atom stereocenters. The first kappa shape index (κ1) is 17.7. The van der Waals surface area contributed by atoms with Crippen molar-refractivity contribution in [3.05, 3.63) is 65.7 Å². The van der Waals surface area contributed by atoms with Crippen LogP contribution in [0.15, 0.2) is 59.0 Å². The smallest absolute Gasteiger partial charge is 0.418 e. The summed E-state index contributed by atoms with van der Waals surface area (Å²) in [5.74, 6) is 0.0709. The van der Waals surface area contributed by atoms with Gasteiger partial charge in [0.2, 0.25) is 0 Å². The van der Waals surface area contributed by atoms with Crippen LogP contribution in [0, 0.1) is 0 Å². The fourth-order valence-corrected chi connectivity index (χ4v) is 2.70. The van der Waals surface area contributed by atoms with Crippen molar-refractivity contribution in [2.45, 2.75) is 32.9 Å². The third-order valence-electron chi connectivity index (χ3n) is 4.10. The zero-order valence-corrected chi connectivity index (χ0v) is 15.1. The first-order valence-electron chi connectivity index (χ1n) is 8.39. The first-order valence-corrected chi connectivity index (χ1v) is 8.39. The van der Waals surface area contributed by atoms with Crippen LogP contribution in [0.1, 0.15) is 36.7 Å². The normalized spacial score (nSPS) is 11.3. The monoisotopic (exact) mass is 351 g/mol. The molecule has 0 aliphatic heterocycles. The molecule has 3 aromatic rings. The van der Waals surface area contributed by atoms with Crippen molar-refractivity contribution in [3.63, 3.8) is 0 Å². The summed E-state index contributed by atoms with van der Waals surface area (Å²) in [6.07, 6.45) is 0.244. The van der Waals surface area contributed by atoms with Crippen molar-refractivity contribution < 1.29 is 18.7 Å². The fourth-order valence-electron chi connectivity index (χ4n) is 2.70. The highest BCUT2D eigenvalue weighted by atomic mass is 16.6. The number of amides is 1. The predicted molar refractivity (Wildman–Crippen MR) is 99.4 cm³/mol. The van der Waals surface area contributed by atoms with Crippen molar-refractivity contribution in [3.8, 4) is 5.95 Å². The average Bonchev–Trinajstić information content (AvgIpc) is 3.01. The molecule has 1 aromatic heterocycles. The van der Waals surface area contributed by atoms with Gasteiger partial charge in [0.05, 0.1) is 0 Å². The molecule has 3 rings (SSSR count). The highest BCUT2D eigenvalue weighted by Gasteiger charge is 2.29. The van der Waals surface area contributed by atoms with Gasteiger partial charge in [-0.25, -0.2) is 4.79 Å². The van der Waals surface area contributed by atoms with Crippen LogP contribution in [-0.2, 0) is 6.54 Å². The van der Waals surface area contributed by atoms with Crippen LogP contribution in [0.5, 0.6) is 5.95 Å². The number of hydrogen-bond donors (Lipinski definition) is 0. The van der Waals surface area contributed by atoms with Crippen LogP contribution >= 0.6 is 0 Å². The summed E-state index contributed by atoms with van der Waals surface area (Å²) in [6.45, 7) is 6.25. The summed E-state index contributed by atoms with van der Waals surface area (Å²) in [4.78, 5) is 25.5. The van der Waals surface area contributed by atoms with Crippen LogP contribution in [0.2, 0.25) is 0 Å². The predicted octanol–water partition coefficient (Wildman–Crippen LogP) is 5.04. The van der Waals surface area contributed by atoms with Crippen molar-refractivity contribution in [2.75, 3.05) is 0 Å². The fraction of sp³-hybridized carbons (Fsp3) is 0.238. The third kappa shape index (κ3) is 3.77. The van der Waals surface area contributed by atoms with Crippen LogP contribution in [-0.4, -0.2) is 22.8 Å². The van der Waals surface area contributed by atoms with E-state index >= 15 is 0 Å². The van der Waals surface area contributed by atoms with Gasteiger partial charge in [0.1, 0.15) is 5.58 Å². The molecule has 1 heterocycles. The molecular formula is C21H21NO4. The Morgan fingerprint density at radius 2 is 1.85 bits per heavy atom. The van der Waals surface area contributed by atoms with Gasteiger partial charge in [-0.15, -0.1) is 0 Å². The van der Waals surface area contributed by atoms with E-state index in [1.165, 1.54) is 0 Å². The number of benzene rings is 2. The lowest BCUT2D eigenvalue weighted by Gasteiger charge is -2.34. The quantitative estimate of drug-likeness (QED) is 0.618. The van der Waals surface area contributed by atoms with E-state index in [-0.39, 0.29) is 5.95 Å². The Bertz CT molecular complexity index is 922. The lowest BCUT2D eigenvalue weighted by Crippen LogP contribution is -2.46. The Kier molecular flexibility index (Phi) is 4.80. The van der Waals surface area contributed by atoms with E-state index in [2.05, 4.69) is 0 Å². The molecule has 0 radical (unpaired) electrons. The number of nitrogens with zero attached hydrogens (tertiary/aromatic N) is 1. The Hall–Kier alpha value is -3.08. The lowest BCUT2D eigenvalue weighted by molar-refractivity contribution is 0.0948. The van der Waals surface area contributed by atoms with E-state index in [0.29, 0.717) is 23.1 Å². The molecule has 0 aliphatic rings. The van der Waals surface area contributed by atoms with Crippen LogP contribution < -0.4 is 4.74 Å². The average molecular weight is 351 g/mol. The zero-order valence-electron chi connectivity index (χ0n) is 15.1. The summed E-state index contributed by atoms with van der Waals surface area (Å²) in [7, 11) is 0. The molecule has 5 nitrogen and oxygen atoms in total. The third-order valence-corrected chi connectivity index (χ3v) is 4.10. The van der Waals surface area contributed by atoms with E-state index in [4.69, 9.17) is 9.15 Å². The minimum Gasteiger partial charge on any atom is -0.425 e. The molecule has 0 atom stereocenters. The number of fused-ring (bicyclic) bond motifs is 1. The maximum Gasteiger partial charge on any atom is 0.418 e. The molecule has 0 spiro atoms. The molecule has 26 heavy (non-hydrogen) atoms. The molecule has 0 saturated carbocycles. The summed E-state index contributed by atoms with van der Waals surface area (Å²) in [6, 6.07) is 16.4. The molecule has 0 aliphatic carbocycles. The molecule has 0 saturated heterocycles. The lowest BCUT2D eigenvalue weighted by atomic mass is 10.1. The minimum atomic E-state index is -0.506. The minimum absolute atomic E-state index is 0.0709. The summed E-state index contributed by atoms with van der Waals surface area (Å²) in [5, 5.41) is 0.621. The molecule has 134 valence electrons. The number of carbonyl (C=O) groups is 2. The molecule has 1 amide bonds. The molecule has 0 N–H and O–H groups in total. The number of rotatable bonds is 4. The number of aldehydes is 1. The van der Waals surface area contributed by atoms with Crippen molar-refractivity contribution in [1.82, 2.24) is 4.90 Å². The van der Waals surface area contributed by atoms with E-state index in [0.717, 1.165) is 11.8 Å². The van der Waals surface area contributed by atoms with E-state index in [1.807, 2.05) is 51.1 Å². The van der Waals surface area contributed by atoms with Crippen LogP contribution in [0.4, 0.5) is 4.79 Å². The number of ether oxygens (including phenoxy) is 1. The Labute approximate surface area is 152 Å². The highest BCUT2D eigenvalue weighted by molar-refractivity contribution is 5.96. The maximum absolute atomic E-state index is 12.8. The SMILES string of the molecule is CC(C)(C)N(Cc1ccccc1)C(=O)Oc1cc2c(C=O)cccc2o1. The number of carbonyl (C=O) groups excluding carboxylic acids is 2. The summed E-state index contributed by atoms with van der Waals surface area (Å²) < 4.78 is 11.0. The van der Waals surface area contributed by atoms with Crippen molar-refractivity contribution in [1.29, 1.82) is 0 Å².